The van der Waals surface area contributed by atoms with Crippen LogP contribution in [0.3, 0.4) is 0 Å². The monoisotopic (exact) mass is 312 g/mol. The van der Waals surface area contributed by atoms with E-state index in [1.165, 1.54) is 4.90 Å². The van der Waals surface area contributed by atoms with E-state index >= 15 is 0 Å². The molecule has 1 fully saturated rings. The van der Waals surface area contributed by atoms with Crippen LogP contribution in [0.2, 0.25) is 0 Å². The maximum absolute atomic E-state index is 13.0. The molecule has 1 N–H and O–H groups in total. The number of hydrogen-bond donors (Lipinski definition) is 1. The Morgan fingerprint density at radius 1 is 1.22 bits per heavy atom. The summed E-state index contributed by atoms with van der Waals surface area (Å²) in [4.78, 5) is 37.9. The molecule has 2 aliphatic rings. The van der Waals surface area contributed by atoms with Gasteiger partial charge >= 0.3 is 0 Å². The van der Waals surface area contributed by atoms with Crippen LogP contribution >= 0.6 is 0 Å². The molecular formula is C18H20N2O3. The highest BCUT2D eigenvalue weighted by Gasteiger charge is 2.43. The first-order valence-corrected chi connectivity index (χ1v) is 7.72. The van der Waals surface area contributed by atoms with Crippen molar-refractivity contribution < 1.29 is 14.4 Å². The van der Waals surface area contributed by atoms with Gasteiger partial charge in [0.25, 0.3) is 5.91 Å². The van der Waals surface area contributed by atoms with Gasteiger partial charge in [-0.1, -0.05) is 45.5 Å². The van der Waals surface area contributed by atoms with Crippen LogP contribution in [-0.2, 0) is 15.0 Å². The lowest BCUT2D eigenvalue weighted by atomic mass is 9.82. The van der Waals surface area contributed by atoms with Crippen molar-refractivity contribution in [3.05, 3.63) is 41.5 Å². The highest BCUT2D eigenvalue weighted by molar-refractivity contribution is 6.13. The van der Waals surface area contributed by atoms with Crippen molar-refractivity contribution >= 4 is 23.4 Å². The number of carbonyl (C=O) groups excluding carboxylic acids is 3. The molecule has 0 saturated carbocycles. The quantitative estimate of drug-likeness (QED) is 0.809. The zero-order valence-corrected chi connectivity index (χ0v) is 13.6. The molecule has 1 aromatic carbocycles. The standard InChI is InChI=1S/C18H20N2O3/c1-10-11-6-5-7-12(18(2,3)4)15(11)17(23)20(10)13-8-9-14(21)19-16(13)22/h5-7,13H,1,8-9H2,2-4H3,(H,19,21,22). The minimum Gasteiger partial charge on any atom is -0.296 e. The lowest BCUT2D eigenvalue weighted by molar-refractivity contribution is -0.136. The van der Waals surface area contributed by atoms with Gasteiger partial charge in [-0.05, 0) is 17.4 Å². The predicted octanol–water partition coefficient (Wildman–Crippen LogP) is 2.22. The van der Waals surface area contributed by atoms with E-state index < -0.39 is 11.9 Å². The molecular weight excluding hydrogens is 292 g/mol. The number of rotatable bonds is 1. The van der Waals surface area contributed by atoms with E-state index in [1.807, 2.05) is 39.0 Å². The summed E-state index contributed by atoms with van der Waals surface area (Å²) < 4.78 is 0. The first kappa shape index (κ1) is 15.5. The van der Waals surface area contributed by atoms with Crippen LogP contribution in [0.25, 0.3) is 5.70 Å². The molecule has 5 heteroatoms. The zero-order valence-electron chi connectivity index (χ0n) is 13.6. The Hall–Kier alpha value is -2.43. The van der Waals surface area contributed by atoms with E-state index in [4.69, 9.17) is 0 Å². The van der Waals surface area contributed by atoms with E-state index in [2.05, 4.69) is 11.9 Å². The van der Waals surface area contributed by atoms with Crippen LogP contribution in [0.5, 0.6) is 0 Å². The summed E-state index contributed by atoms with van der Waals surface area (Å²) in [5, 5.41) is 2.31. The molecule has 120 valence electrons. The Kier molecular flexibility index (Phi) is 3.39. The van der Waals surface area contributed by atoms with Crippen LogP contribution < -0.4 is 5.32 Å². The predicted molar refractivity (Wildman–Crippen MR) is 86.5 cm³/mol. The van der Waals surface area contributed by atoms with Gasteiger partial charge in [-0.15, -0.1) is 0 Å². The highest BCUT2D eigenvalue weighted by Crippen LogP contribution is 2.40. The van der Waals surface area contributed by atoms with Gasteiger partial charge < -0.3 is 0 Å². The SMILES string of the molecule is C=C1c2cccc(C(C)(C)C)c2C(=O)N1C1CCC(=O)NC1=O. The Bertz CT molecular complexity index is 743. The summed E-state index contributed by atoms with van der Waals surface area (Å²) in [7, 11) is 0. The molecule has 1 unspecified atom stereocenters. The highest BCUT2D eigenvalue weighted by atomic mass is 16.2. The topological polar surface area (TPSA) is 66.5 Å². The minimum atomic E-state index is -0.673. The summed E-state index contributed by atoms with van der Waals surface area (Å²) in [6.07, 6.45) is 0.560. The van der Waals surface area contributed by atoms with Gasteiger partial charge in [0.15, 0.2) is 0 Å². The van der Waals surface area contributed by atoms with Crippen LogP contribution in [-0.4, -0.2) is 28.7 Å². The van der Waals surface area contributed by atoms with Crippen LogP contribution in [0.1, 0.15) is 55.1 Å². The van der Waals surface area contributed by atoms with Gasteiger partial charge in [-0.25, -0.2) is 0 Å². The summed E-state index contributed by atoms with van der Waals surface area (Å²) >= 11 is 0. The minimum absolute atomic E-state index is 0.192. The van der Waals surface area contributed by atoms with Crippen molar-refractivity contribution in [3.63, 3.8) is 0 Å². The fourth-order valence-corrected chi connectivity index (χ4v) is 3.28. The molecule has 1 saturated heterocycles. The second kappa shape index (κ2) is 5.05. The van der Waals surface area contributed by atoms with E-state index in [-0.39, 0.29) is 23.7 Å². The number of imide groups is 1. The molecule has 0 bridgehead atoms. The number of nitrogens with one attached hydrogen (secondary N) is 1. The number of piperidine rings is 1. The number of hydrogen-bond acceptors (Lipinski definition) is 3. The second-order valence-electron chi connectivity index (χ2n) is 7.07. The van der Waals surface area contributed by atoms with Gasteiger partial charge in [0, 0.05) is 17.7 Å². The average molecular weight is 312 g/mol. The van der Waals surface area contributed by atoms with E-state index in [1.54, 1.807) is 0 Å². The maximum atomic E-state index is 13.0. The maximum Gasteiger partial charge on any atom is 0.260 e. The molecule has 0 spiro atoms. The Labute approximate surface area is 135 Å². The lowest BCUT2D eigenvalue weighted by Gasteiger charge is -2.30. The third-order valence-corrected chi connectivity index (χ3v) is 4.43. The molecule has 1 atom stereocenters. The second-order valence-corrected chi connectivity index (χ2v) is 7.07. The largest absolute Gasteiger partial charge is 0.296 e. The van der Waals surface area contributed by atoms with Crippen molar-refractivity contribution in [2.75, 3.05) is 0 Å². The molecule has 2 heterocycles. The molecule has 1 aromatic rings. The molecule has 23 heavy (non-hydrogen) atoms. The molecule has 0 radical (unpaired) electrons. The normalized spacial score (nSPS) is 21.5. The summed E-state index contributed by atoms with van der Waals surface area (Å²) in [6.45, 7) is 10.2. The number of carbonyl (C=O) groups is 3. The van der Waals surface area contributed by atoms with Crippen LogP contribution in [0, 0.1) is 0 Å². The summed E-state index contributed by atoms with van der Waals surface area (Å²) in [5.74, 6) is -0.928. The van der Waals surface area contributed by atoms with Gasteiger partial charge in [0.1, 0.15) is 6.04 Å². The molecule has 0 aromatic heterocycles. The smallest absolute Gasteiger partial charge is 0.260 e. The van der Waals surface area contributed by atoms with Crippen molar-refractivity contribution in [2.45, 2.75) is 45.1 Å². The average Bonchev–Trinajstić information content (AvgIpc) is 2.71. The van der Waals surface area contributed by atoms with Gasteiger partial charge in [-0.3, -0.25) is 24.6 Å². The van der Waals surface area contributed by atoms with E-state index in [9.17, 15) is 14.4 Å². The number of fused-ring (bicyclic) bond motifs is 1. The molecule has 3 rings (SSSR count). The first-order chi connectivity index (χ1) is 10.7. The third-order valence-electron chi connectivity index (χ3n) is 4.43. The fraction of sp³-hybridized carbons (Fsp3) is 0.389. The van der Waals surface area contributed by atoms with Crippen LogP contribution in [0.15, 0.2) is 24.8 Å². The van der Waals surface area contributed by atoms with Gasteiger partial charge in [-0.2, -0.15) is 0 Å². The van der Waals surface area contributed by atoms with E-state index in [0.717, 1.165) is 11.1 Å². The van der Waals surface area contributed by atoms with E-state index in [0.29, 0.717) is 17.7 Å². The Morgan fingerprint density at radius 3 is 2.52 bits per heavy atom. The molecule has 2 aliphatic heterocycles. The van der Waals surface area contributed by atoms with Crippen molar-refractivity contribution in [2.24, 2.45) is 0 Å². The van der Waals surface area contributed by atoms with Crippen molar-refractivity contribution in [1.82, 2.24) is 10.2 Å². The zero-order chi connectivity index (χ0) is 16.9. The Balaban J connectivity index is 2.05. The third kappa shape index (κ3) is 2.36. The molecule has 3 amide bonds. The number of benzene rings is 1. The summed E-state index contributed by atoms with van der Waals surface area (Å²) in [6, 6.07) is 5.04. The molecule has 5 nitrogen and oxygen atoms in total. The number of nitrogens with zero attached hydrogens (tertiary/aromatic N) is 1. The van der Waals surface area contributed by atoms with Crippen molar-refractivity contribution in [1.29, 1.82) is 0 Å². The molecule has 0 aliphatic carbocycles. The lowest BCUT2D eigenvalue weighted by Crippen LogP contribution is -2.52. The first-order valence-electron chi connectivity index (χ1n) is 7.72. The van der Waals surface area contributed by atoms with Crippen molar-refractivity contribution in [3.8, 4) is 0 Å². The van der Waals surface area contributed by atoms with Gasteiger partial charge in [0.05, 0.1) is 5.56 Å². The Morgan fingerprint density at radius 2 is 1.91 bits per heavy atom. The van der Waals surface area contributed by atoms with Crippen LogP contribution in [0.4, 0.5) is 0 Å². The van der Waals surface area contributed by atoms with Gasteiger partial charge in [0.2, 0.25) is 11.8 Å². The fourth-order valence-electron chi connectivity index (χ4n) is 3.28. The summed E-state index contributed by atoms with van der Waals surface area (Å²) in [5.41, 5.74) is 2.67. The number of amides is 3.